The summed E-state index contributed by atoms with van der Waals surface area (Å²) >= 11 is 3.40. The Morgan fingerprint density at radius 2 is 1.60 bits per heavy atom. The zero-order valence-electron chi connectivity index (χ0n) is 19.6. The number of halogens is 1. The van der Waals surface area contributed by atoms with Crippen LogP contribution < -0.4 is 5.32 Å². The molecule has 0 unspecified atom stereocenters. The van der Waals surface area contributed by atoms with Crippen molar-refractivity contribution in [3.8, 4) is 0 Å². The minimum absolute atomic E-state index is 0.0191. The first-order valence-corrected chi connectivity index (χ1v) is 12.9. The Labute approximate surface area is 214 Å². The summed E-state index contributed by atoms with van der Waals surface area (Å²) in [7, 11) is 0. The number of nitrogens with zero attached hydrogens (tertiary/aromatic N) is 2. The van der Waals surface area contributed by atoms with Gasteiger partial charge in [0.2, 0.25) is 0 Å². The summed E-state index contributed by atoms with van der Waals surface area (Å²) in [6.07, 6.45) is 3.94. The van der Waals surface area contributed by atoms with E-state index in [4.69, 9.17) is 4.98 Å². The largest absolute Gasteiger partial charge is 0.352 e. The molecule has 1 amide bonds. The van der Waals surface area contributed by atoms with E-state index < -0.39 is 0 Å². The minimum atomic E-state index is -0.0191. The van der Waals surface area contributed by atoms with Crippen LogP contribution in [-0.4, -0.2) is 22.0 Å². The molecule has 4 aromatic carbocycles. The Bertz CT molecular complexity index is 1450. The zero-order chi connectivity index (χ0) is 24.0. The number of rotatable bonds is 9. The van der Waals surface area contributed by atoms with Crippen LogP contribution in [-0.2, 0) is 13.0 Å². The van der Waals surface area contributed by atoms with Crippen molar-refractivity contribution in [3.63, 3.8) is 0 Å². The maximum Gasteiger partial charge on any atom is 0.251 e. The molecule has 4 nitrogen and oxygen atoms in total. The van der Waals surface area contributed by atoms with Crippen LogP contribution in [0.3, 0.4) is 0 Å². The molecular weight excluding hydrogens is 498 g/mol. The van der Waals surface area contributed by atoms with Crippen molar-refractivity contribution in [2.45, 2.75) is 32.2 Å². The minimum Gasteiger partial charge on any atom is -0.352 e. The molecule has 35 heavy (non-hydrogen) atoms. The third kappa shape index (κ3) is 5.46. The molecule has 0 spiro atoms. The number of para-hydroxylation sites is 2. The Balaban J connectivity index is 1.22. The molecule has 176 valence electrons. The molecule has 5 rings (SSSR count). The fourth-order valence-electron chi connectivity index (χ4n) is 4.58. The van der Waals surface area contributed by atoms with E-state index in [0.717, 1.165) is 48.0 Å². The number of imidazole rings is 1. The van der Waals surface area contributed by atoms with Gasteiger partial charge in [-0.2, -0.15) is 0 Å². The Morgan fingerprint density at radius 3 is 2.49 bits per heavy atom. The Morgan fingerprint density at radius 1 is 0.829 bits per heavy atom. The molecule has 1 aromatic heterocycles. The van der Waals surface area contributed by atoms with Crippen LogP contribution in [0.25, 0.3) is 21.8 Å². The van der Waals surface area contributed by atoms with Crippen LogP contribution in [0.15, 0.2) is 95.5 Å². The number of carbonyl (C=O) groups is 1. The van der Waals surface area contributed by atoms with E-state index in [-0.39, 0.29) is 5.91 Å². The molecule has 0 saturated carbocycles. The zero-order valence-corrected chi connectivity index (χ0v) is 21.2. The van der Waals surface area contributed by atoms with Gasteiger partial charge in [0.25, 0.3) is 5.91 Å². The standard InChI is InChI=1S/C30H28BrN3O/c31-25-18-16-23(17-19-25)30(35)32-20-7-1-2-15-29-33-27-13-5-6-14-28(27)34(29)21-24-11-8-10-22-9-3-4-12-26(22)24/h3-6,8-14,16-19H,1-2,7,15,20-21H2,(H,32,35). The van der Waals surface area contributed by atoms with Gasteiger partial charge in [-0.15, -0.1) is 0 Å². The molecule has 5 heteroatoms. The van der Waals surface area contributed by atoms with Crippen molar-refractivity contribution in [2.75, 3.05) is 6.54 Å². The summed E-state index contributed by atoms with van der Waals surface area (Å²) in [5, 5.41) is 5.58. The molecule has 0 radical (unpaired) electrons. The van der Waals surface area contributed by atoms with Crippen LogP contribution in [0.5, 0.6) is 0 Å². The molecule has 0 atom stereocenters. The molecule has 1 heterocycles. The molecule has 0 saturated heterocycles. The van der Waals surface area contributed by atoms with Crippen molar-refractivity contribution in [3.05, 3.63) is 112 Å². The van der Waals surface area contributed by atoms with E-state index in [9.17, 15) is 4.79 Å². The average molecular weight is 526 g/mol. The number of amides is 1. The van der Waals surface area contributed by atoms with Crippen LogP contribution in [0, 0.1) is 0 Å². The van der Waals surface area contributed by atoms with Gasteiger partial charge in [0.05, 0.1) is 11.0 Å². The van der Waals surface area contributed by atoms with Crippen LogP contribution >= 0.6 is 15.9 Å². The lowest BCUT2D eigenvalue weighted by Gasteiger charge is -2.12. The van der Waals surface area contributed by atoms with E-state index in [1.807, 2.05) is 24.3 Å². The smallest absolute Gasteiger partial charge is 0.251 e. The highest BCUT2D eigenvalue weighted by Gasteiger charge is 2.12. The Kier molecular flexibility index (Phi) is 7.24. The number of carbonyl (C=O) groups excluding carboxylic acids is 1. The number of nitrogens with one attached hydrogen (secondary N) is 1. The molecule has 0 aliphatic carbocycles. The van der Waals surface area contributed by atoms with E-state index in [1.54, 1.807) is 0 Å². The first-order chi connectivity index (χ1) is 17.2. The second-order valence-electron chi connectivity index (χ2n) is 8.81. The predicted octanol–water partition coefficient (Wildman–Crippen LogP) is 7.14. The maximum absolute atomic E-state index is 12.3. The highest BCUT2D eigenvalue weighted by molar-refractivity contribution is 9.10. The van der Waals surface area contributed by atoms with Crippen LogP contribution in [0.4, 0.5) is 0 Å². The maximum atomic E-state index is 12.3. The van der Waals surface area contributed by atoms with Gasteiger partial charge in [-0.1, -0.05) is 76.9 Å². The lowest BCUT2D eigenvalue weighted by molar-refractivity contribution is 0.0953. The van der Waals surface area contributed by atoms with E-state index in [2.05, 4.69) is 92.5 Å². The summed E-state index contributed by atoms with van der Waals surface area (Å²) in [6.45, 7) is 1.49. The molecule has 0 aliphatic rings. The van der Waals surface area contributed by atoms with Gasteiger partial charge in [0, 0.05) is 29.5 Å². The summed E-state index contributed by atoms with van der Waals surface area (Å²) in [5.41, 5.74) is 4.22. The number of unbranched alkanes of at least 4 members (excludes halogenated alkanes) is 2. The van der Waals surface area contributed by atoms with Gasteiger partial charge in [-0.05, 0) is 65.6 Å². The lowest BCUT2D eigenvalue weighted by atomic mass is 10.0. The van der Waals surface area contributed by atoms with E-state index >= 15 is 0 Å². The summed E-state index contributed by atoms with van der Waals surface area (Å²) in [6, 6.07) is 30.9. The van der Waals surface area contributed by atoms with Crippen molar-refractivity contribution in [1.82, 2.24) is 14.9 Å². The average Bonchev–Trinajstić information content (AvgIpc) is 3.23. The van der Waals surface area contributed by atoms with Gasteiger partial charge in [0.1, 0.15) is 5.82 Å². The van der Waals surface area contributed by atoms with Crippen molar-refractivity contribution < 1.29 is 4.79 Å². The molecule has 1 N–H and O–H groups in total. The molecule has 0 fully saturated rings. The fourth-order valence-corrected chi connectivity index (χ4v) is 4.85. The second-order valence-corrected chi connectivity index (χ2v) is 9.73. The van der Waals surface area contributed by atoms with Crippen LogP contribution in [0.1, 0.15) is 41.0 Å². The molecule has 5 aromatic rings. The fraction of sp³-hybridized carbons (Fsp3) is 0.200. The topological polar surface area (TPSA) is 46.9 Å². The second kappa shape index (κ2) is 10.9. The van der Waals surface area contributed by atoms with Gasteiger partial charge in [-0.25, -0.2) is 4.98 Å². The number of aryl methyl sites for hydroxylation is 1. The van der Waals surface area contributed by atoms with Crippen molar-refractivity contribution in [2.24, 2.45) is 0 Å². The first-order valence-electron chi connectivity index (χ1n) is 12.1. The van der Waals surface area contributed by atoms with Gasteiger partial charge in [-0.3, -0.25) is 4.79 Å². The summed E-state index contributed by atoms with van der Waals surface area (Å²) in [5.74, 6) is 1.10. The van der Waals surface area contributed by atoms with Gasteiger partial charge >= 0.3 is 0 Å². The highest BCUT2D eigenvalue weighted by Crippen LogP contribution is 2.24. The van der Waals surface area contributed by atoms with Crippen molar-refractivity contribution in [1.29, 1.82) is 0 Å². The number of hydrogen-bond acceptors (Lipinski definition) is 2. The molecule has 0 aliphatic heterocycles. The van der Waals surface area contributed by atoms with Crippen LogP contribution in [0.2, 0.25) is 0 Å². The number of aromatic nitrogens is 2. The number of benzene rings is 4. The quantitative estimate of drug-likeness (QED) is 0.208. The molecule has 0 bridgehead atoms. The third-order valence-corrected chi connectivity index (χ3v) is 6.94. The predicted molar refractivity (Wildman–Crippen MR) is 147 cm³/mol. The monoisotopic (exact) mass is 525 g/mol. The Hall–Kier alpha value is -3.44. The van der Waals surface area contributed by atoms with Gasteiger partial charge < -0.3 is 9.88 Å². The van der Waals surface area contributed by atoms with E-state index in [1.165, 1.54) is 21.9 Å². The van der Waals surface area contributed by atoms with Crippen molar-refractivity contribution >= 4 is 43.6 Å². The SMILES string of the molecule is O=C(NCCCCCc1nc2ccccc2n1Cc1cccc2ccccc12)c1ccc(Br)cc1. The number of hydrogen-bond donors (Lipinski definition) is 1. The highest BCUT2D eigenvalue weighted by atomic mass is 79.9. The normalized spacial score (nSPS) is 11.2. The summed E-state index contributed by atoms with van der Waals surface area (Å²) < 4.78 is 3.34. The number of fused-ring (bicyclic) bond motifs is 2. The van der Waals surface area contributed by atoms with Gasteiger partial charge in [0.15, 0.2) is 0 Å². The first kappa shape index (κ1) is 23.3. The molecular formula is C30H28BrN3O. The van der Waals surface area contributed by atoms with E-state index in [0.29, 0.717) is 12.1 Å². The lowest BCUT2D eigenvalue weighted by Crippen LogP contribution is -2.24. The third-order valence-electron chi connectivity index (χ3n) is 6.41. The summed E-state index contributed by atoms with van der Waals surface area (Å²) in [4.78, 5) is 17.3.